The summed E-state index contributed by atoms with van der Waals surface area (Å²) in [6, 6.07) is 10.0. The number of pyridine rings is 1. The number of piperidine rings is 1. The van der Waals surface area contributed by atoms with Gasteiger partial charge in [0.1, 0.15) is 18.1 Å². The number of likely N-dealkylation sites (tertiary alicyclic amines) is 1. The van der Waals surface area contributed by atoms with Gasteiger partial charge in [0, 0.05) is 44.1 Å². The normalized spacial score (nSPS) is 19.7. The predicted molar refractivity (Wildman–Crippen MR) is 110 cm³/mol. The van der Waals surface area contributed by atoms with Gasteiger partial charge in [-0.15, -0.1) is 0 Å². The van der Waals surface area contributed by atoms with E-state index >= 15 is 0 Å². The van der Waals surface area contributed by atoms with E-state index in [1.165, 1.54) is 5.56 Å². The Morgan fingerprint density at radius 1 is 1.17 bits per heavy atom. The van der Waals surface area contributed by atoms with Crippen LogP contribution in [0.2, 0.25) is 0 Å². The number of aromatic nitrogens is 1. The Balaban J connectivity index is 1.20. The fraction of sp³-hybridized carbons (Fsp3) is 0.455. The summed E-state index contributed by atoms with van der Waals surface area (Å²) in [5.41, 5.74) is 2.37. The Labute approximate surface area is 171 Å². The number of fused-ring (bicyclic) bond motifs is 1. The van der Waals surface area contributed by atoms with Crippen LogP contribution in [-0.4, -0.2) is 54.8 Å². The number of hydrogen-bond donors (Lipinski definition) is 2. The average Bonchev–Trinajstić information content (AvgIpc) is 2.75. The first-order valence-electron chi connectivity index (χ1n) is 10.2. The number of ether oxygens (including phenoxy) is 2. The molecule has 3 heterocycles. The highest BCUT2D eigenvalue weighted by molar-refractivity contribution is 5.74. The van der Waals surface area contributed by atoms with Gasteiger partial charge in [-0.25, -0.2) is 4.79 Å². The van der Waals surface area contributed by atoms with Gasteiger partial charge in [0.2, 0.25) is 0 Å². The van der Waals surface area contributed by atoms with Crippen LogP contribution < -0.4 is 20.1 Å². The van der Waals surface area contributed by atoms with Crippen LogP contribution in [0.5, 0.6) is 11.5 Å². The second-order valence-corrected chi connectivity index (χ2v) is 7.71. The second-order valence-electron chi connectivity index (χ2n) is 7.71. The lowest BCUT2D eigenvalue weighted by atomic mass is 10.0. The van der Waals surface area contributed by atoms with Crippen LogP contribution in [0.3, 0.4) is 0 Å². The van der Waals surface area contributed by atoms with Crippen molar-refractivity contribution in [3.05, 3.63) is 53.9 Å². The molecule has 154 valence electrons. The van der Waals surface area contributed by atoms with Crippen LogP contribution in [0.25, 0.3) is 0 Å². The third-order valence-electron chi connectivity index (χ3n) is 5.59. The maximum absolute atomic E-state index is 12.4. The third-order valence-corrected chi connectivity index (χ3v) is 5.59. The van der Waals surface area contributed by atoms with Crippen molar-refractivity contribution in [3.8, 4) is 11.5 Å². The smallest absolute Gasteiger partial charge is 0.315 e. The number of nitrogens with zero attached hydrogens (tertiary/aromatic N) is 2. The summed E-state index contributed by atoms with van der Waals surface area (Å²) in [4.78, 5) is 18.9. The molecule has 0 bridgehead atoms. The van der Waals surface area contributed by atoms with Crippen molar-refractivity contribution in [2.45, 2.75) is 37.9 Å². The molecule has 0 saturated carbocycles. The zero-order chi connectivity index (χ0) is 20.1. The van der Waals surface area contributed by atoms with E-state index in [4.69, 9.17) is 9.47 Å². The molecule has 2 aromatic rings. The van der Waals surface area contributed by atoms with E-state index in [1.54, 1.807) is 7.11 Å². The first-order valence-corrected chi connectivity index (χ1v) is 10.2. The monoisotopic (exact) mass is 396 g/mol. The Bertz CT molecular complexity index is 822. The standard InChI is InChI=1S/C22H28N4O3/c1-28-20-3-2-17-12-19(15-29-21(17)13-20)25-22(27)24-18-6-10-26(11-7-18)14-16-4-8-23-9-5-16/h2-5,8-9,13,18-19H,6-7,10-12,14-15H2,1H3,(H2,24,25,27). The first-order chi connectivity index (χ1) is 14.2. The molecule has 1 aromatic heterocycles. The van der Waals surface area contributed by atoms with Crippen molar-refractivity contribution in [1.29, 1.82) is 0 Å². The minimum absolute atomic E-state index is 0.0253. The summed E-state index contributed by atoms with van der Waals surface area (Å²) in [5.74, 6) is 1.62. The van der Waals surface area contributed by atoms with E-state index in [1.807, 2.05) is 30.6 Å². The van der Waals surface area contributed by atoms with E-state index < -0.39 is 0 Å². The van der Waals surface area contributed by atoms with E-state index in [-0.39, 0.29) is 18.1 Å². The fourth-order valence-electron chi connectivity index (χ4n) is 3.97. The van der Waals surface area contributed by atoms with E-state index in [0.29, 0.717) is 6.61 Å². The molecule has 1 unspecified atom stereocenters. The molecule has 0 spiro atoms. The molecule has 0 aliphatic carbocycles. The largest absolute Gasteiger partial charge is 0.497 e. The van der Waals surface area contributed by atoms with Gasteiger partial charge >= 0.3 is 6.03 Å². The number of methoxy groups -OCH3 is 1. The summed E-state index contributed by atoms with van der Waals surface area (Å²) in [6.45, 7) is 3.37. The highest BCUT2D eigenvalue weighted by Crippen LogP contribution is 2.29. The van der Waals surface area contributed by atoms with E-state index in [0.717, 1.165) is 56.0 Å². The summed E-state index contributed by atoms with van der Waals surface area (Å²) < 4.78 is 11.0. The van der Waals surface area contributed by atoms with E-state index in [9.17, 15) is 4.79 Å². The zero-order valence-electron chi connectivity index (χ0n) is 16.8. The number of urea groups is 1. The van der Waals surface area contributed by atoms with Gasteiger partial charge in [0.15, 0.2) is 0 Å². The second kappa shape index (κ2) is 9.13. The molecule has 2 amide bonds. The fourth-order valence-corrected chi connectivity index (χ4v) is 3.97. The van der Waals surface area contributed by atoms with Crippen LogP contribution in [-0.2, 0) is 13.0 Å². The highest BCUT2D eigenvalue weighted by Gasteiger charge is 2.24. The van der Waals surface area contributed by atoms with Crippen molar-refractivity contribution < 1.29 is 14.3 Å². The zero-order valence-corrected chi connectivity index (χ0v) is 16.8. The van der Waals surface area contributed by atoms with Crippen LogP contribution >= 0.6 is 0 Å². The Hall–Kier alpha value is -2.80. The maximum atomic E-state index is 12.4. The molecule has 1 saturated heterocycles. The molecule has 29 heavy (non-hydrogen) atoms. The molecule has 7 heteroatoms. The average molecular weight is 396 g/mol. The predicted octanol–water partition coefficient (Wildman–Crippen LogP) is 2.36. The molecule has 4 rings (SSSR count). The summed E-state index contributed by atoms with van der Waals surface area (Å²) >= 11 is 0. The number of rotatable bonds is 5. The number of amides is 2. The van der Waals surface area contributed by atoms with Crippen molar-refractivity contribution in [2.75, 3.05) is 26.8 Å². The number of benzene rings is 1. The number of carbonyl (C=O) groups excluding carboxylic acids is 1. The van der Waals surface area contributed by atoms with Gasteiger partial charge in [-0.2, -0.15) is 0 Å². The van der Waals surface area contributed by atoms with Crippen molar-refractivity contribution in [2.24, 2.45) is 0 Å². The molecule has 1 aromatic carbocycles. The first kappa shape index (κ1) is 19.5. The molecule has 1 atom stereocenters. The number of carbonyl (C=O) groups is 1. The SMILES string of the molecule is COc1ccc2c(c1)OCC(NC(=O)NC1CCN(Cc3ccncc3)CC1)C2. The summed E-state index contributed by atoms with van der Waals surface area (Å²) in [6.07, 6.45) is 6.34. The van der Waals surface area contributed by atoms with Crippen LogP contribution in [0.1, 0.15) is 24.0 Å². The molecule has 7 nitrogen and oxygen atoms in total. The Kier molecular flexibility index (Phi) is 6.14. The van der Waals surface area contributed by atoms with Gasteiger partial charge < -0.3 is 20.1 Å². The minimum atomic E-state index is -0.108. The summed E-state index contributed by atoms with van der Waals surface area (Å²) in [7, 11) is 1.64. The Morgan fingerprint density at radius 2 is 1.93 bits per heavy atom. The van der Waals surface area contributed by atoms with Crippen molar-refractivity contribution in [1.82, 2.24) is 20.5 Å². The lowest BCUT2D eigenvalue weighted by Gasteiger charge is -2.33. The van der Waals surface area contributed by atoms with Gasteiger partial charge in [0.25, 0.3) is 0 Å². The minimum Gasteiger partial charge on any atom is -0.497 e. The lowest BCUT2D eigenvalue weighted by molar-refractivity contribution is 0.181. The third kappa shape index (κ3) is 5.17. The van der Waals surface area contributed by atoms with Crippen LogP contribution in [0.4, 0.5) is 4.79 Å². The highest BCUT2D eigenvalue weighted by atomic mass is 16.5. The van der Waals surface area contributed by atoms with Crippen molar-refractivity contribution in [3.63, 3.8) is 0 Å². The van der Waals surface area contributed by atoms with Gasteiger partial charge in [-0.3, -0.25) is 9.88 Å². The maximum Gasteiger partial charge on any atom is 0.315 e. The Morgan fingerprint density at radius 3 is 2.69 bits per heavy atom. The summed E-state index contributed by atoms with van der Waals surface area (Å²) in [5, 5.41) is 6.19. The van der Waals surface area contributed by atoms with Gasteiger partial charge in [-0.1, -0.05) is 6.07 Å². The van der Waals surface area contributed by atoms with Gasteiger partial charge in [0.05, 0.1) is 13.2 Å². The molecular formula is C22H28N4O3. The van der Waals surface area contributed by atoms with Gasteiger partial charge in [-0.05, 0) is 48.6 Å². The molecule has 1 fully saturated rings. The molecule has 0 radical (unpaired) electrons. The van der Waals surface area contributed by atoms with Crippen LogP contribution in [0, 0.1) is 0 Å². The molecule has 2 aliphatic rings. The topological polar surface area (TPSA) is 75.7 Å². The van der Waals surface area contributed by atoms with Crippen LogP contribution in [0.15, 0.2) is 42.7 Å². The molecule has 2 N–H and O–H groups in total. The number of hydrogen-bond acceptors (Lipinski definition) is 5. The number of nitrogens with one attached hydrogen (secondary N) is 2. The van der Waals surface area contributed by atoms with Crippen molar-refractivity contribution >= 4 is 6.03 Å². The van der Waals surface area contributed by atoms with E-state index in [2.05, 4.69) is 32.7 Å². The molecule has 2 aliphatic heterocycles. The quantitative estimate of drug-likeness (QED) is 0.812. The lowest BCUT2D eigenvalue weighted by Crippen LogP contribution is -2.52. The molecular weight excluding hydrogens is 368 g/mol.